The second-order valence-corrected chi connectivity index (χ2v) is 8.21. The van der Waals surface area contributed by atoms with E-state index in [9.17, 15) is 13.2 Å². The van der Waals surface area contributed by atoms with Crippen LogP contribution in [0.15, 0.2) is 46.0 Å². The molecule has 3 rings (SSSR count). The zero-order valence-corrected chi connectivity index (χ0v) is 13.9. The summed E-state index contributed by atoms with van der Waals surface area (Å²) in [5.41, 5.74) is 0.806. The van der Waals surface area contributed by atoms with Gasteiger partial charge >= 0.3 is 0 Å². The molecule has 1 aromatic heterocycles. The average Bonchev–Trinajstić information content (AvgIpc) is 3.00. The van der Waals surface area contributed by atoms with Crippen molar-refractivity contribution in [3.05, 3.63) is 47.3 Å². The van der Waals surface area contributed by atoms with E-state index in [1.165, 1.54) is 6.07 Å². The third-order valence-corrected chi connectivity index (χ3v) is 6.33. The molecule has 0 spiro atoms. The van der Waals surface area contributed by atoms with Gasteiger partial charge in [-0.2, -0.15) is 0 Å². The first kappa shape index (κ1) is 16.0. The number of benzene rings is 1. The normalized spacial score (nSPS) is 15.0. The van der Waals surface area contributed by atoms with E-state index < -0.39 is 10.0 Å². The lowest BCUT2D eigenvalue weighted by atomic mass is 10.0. The fourth-order valence-corrected chi connectivity index (χ4v) is 4.22. The van der Waals surface area contributed by atoms with Crippen LogP contribution in [0.3, 0.4) is 0 Å². The second-order valence-electron chi connectivity index (χ2n) is 5.35. The first-order chi connectivity index (χ1) is 11.0. The van der Waals surface area contributed by atoms with Gasteiger partial charge in [0, 0.05) is 36.8 Å². The zero-order valence-electron chi connectivity index (χ0n) is 12.3. The van der Waals surface area contributed by atoms with Crippen LogP contribution in [-0.4, -0.2) is 34.0 Å². The lowest BCUT2D eigenvalue weighted by Crippen LogP contribution is -2.48. The molecule has 0 aliphatic carbocycles. The minimum Gasteiger partial charge on any atom is -0.352 e. The smallest absolute Gasteiger partial charge is 0.271 e. The number of sulfonamides is 1. The molecule has 2 heterocycles. The van der Waals surface area contributed by atoms with Crippen molar-refractivity contribution in [1.29, 1.82) is 0 Å². The van der Waals surface area contributed by atoms with E-state index >= 15 is 0 Å². The summed E-state index contributed by atoms with van der Waals surface area (Å²) < 4.78 is 27.1. The van der Waals surface area contributed by atoms with Crippen LogP contribution in [0.25, 0.3) is 0 Å². The van der Waals surface area contributed by atoms with Gasteiger partial charge in [-0.15, -0.1) is 11.3 Å². The summed E-state index contributed by atoms with van der Waals surface area (Å²) in [5.74, 6) is 0.272. The molecule has 0 saturated carbocycles. The zero-order chi connectivity index (χ0) is 16.3. The molecule has 1 aliphatic rings. The van der Waals surface area contributed by atoms with Gasteiger partial charge in [-0.1, -0.05) is 12.1 Å². The fraction of sp³-hybridized carbons (Fsp3) is 0.267. The van der Waals surface area contributed by atoms with Gasteiger partial charge in [-0.05, 0) is 29.6 Å². The van der Waals surface area contributed by atoms with Gasteiger partial charge in [-0.25, -0.2) is 8.42 Å². The molecule has 23 heavy (non-hydrogen) atoms. The maximum Gasteiger partial charge on any atom is 0.271 e. The molecule has 1 aromatic carbocycles. The Morgan fingerprint density at radius 1 is 1.26 bits per heavy atom. The minimum absolute atomic E-state index is 0.200. The highest BCUT2D eigenvalue weighted by molar-refractivity contribution is 7.94. The number of anilines is 1. The third-order valence-electron chi connectivity index (χ3n) is 3.55. The van der Waals surface area contributed by atoms with Crippen molar-refractivity contribution in [2.45, 2.75) is 4.21 Å². The van der Waals surface area contributed by atoms with Crippen LogP contribution in [0.5, 0.6) is 0 Å². The van der Waals surface area contributed by atoms with Crippen LogP contribution in [-0.2, 0) is 10.0 Å². The standard InChI is InChI=1S/C15H17N3O3S2/c19-15(17-10-11-8-16-9-11)12-3-1-4-13(7-12)18-23(20,21)14-5-2-6-22-14/h1-7,11,16,18H,8-10H2,(H,17,19). The fourth-order valence-electron chi connectivity index (χ4n) is 2.18. The Morgan fingerprint density at radius 2 is 2.09 bits per heavy atom. The monoisotopic (exact) mass is 351 g/mol. The molecular formula is C15H17N3O3S2. The number of hydrogen-bond acceptors (Lipinski definition) is 5. The molecule has 8 heteroatoms. The van der Waals surface area contributed by atoms with Crippen molar-refractivity contribution in [3.8, 4) is 0 Å². The molecule has 6 nitrogen and oxygen atoms in total. The summed E-state index contributed by atoms with van der Waals surface area (Å²) in [6.07, 6.45) is 0. The molecule has 0 radical (unpaired) electrons. The highest BCUT2D eigenvalue weighted by Crippen LogP contribution is 2.20. The Bertz CT molecular complexity index is 784. The van der Waals surface area contributed by atoms with E-state index in [4.69, 9.17) is 0 Å². The van der Waals surface area contributed by atoms with Gasteiger partial charge in [-0.3, -0.25) is 9.52 Å². The molecule has 0 bridgehead atoms. The molecule has 2 aromatic rings. The topological polar surface area (TPSA) is 87.3 Å². The highest BCUT2D eigenvalue weighted by atomic mass is 32.2. The van der Waals surface area contributed by atoms with Gasteiger partial charge in [0.15, 0.2) is 0 Å². The summed E-state index contributed by atoms with van der Waals surface area (Å²) in [6, 6.07) is 9.70. The van der Waals surface area contributed by atoms with Gasteiger partial charge in [0.25, 0.3) is 15.9 Å². The van der Waals surface area contributed by atoms with E-state index in [2.05, 4.69) is 15.4 Å². The Kier molecular flexibility index (Phi) is 4.65. The molecule has 122 valence electrons. The summed E-state index contributed by atoms with van der Waals surface area (Å²) in [5, 5.41) is 7.71. The van der Waals surface area contributed by atoms with E-state index in [-0.39, 0.29) is 10.1 Å². The predicted octanol–water partition coefficient (Wildman–Crippen LogP) is 1.50. The Morgan fingerprint density at radius 3 is 2.74 bits per heavy atom. The lowest BCUT2D eigenvalue weighted by Gasteiger charge is -2.27. The summed E-state index contributed by atoms with van der Waals surface area (Å²) in [7, 11) is -3.60. The molecule has 0 atom stereocenters. The first-order valence-corrected chi connectivity index (χ1v) is 9.56. The van der Waals surface area contributed by atoms with Gasteiger partial charge in [0.1, 0.15) is 4.21 Å². The number of hydrogen-bond donors (Lipinski definition) is 3. The van der Waals surface area contributed by atoms with Gasteiger partial charge in [0.2, 0.25) is 0 Å². The van der Waals surface area contributed by atoms with E-state index in [1.807, 2.05) is 0 Å². The van der Waals surface area contributed by atoms with Crippen molar-refractivity contribution in [1.82, 2.24) is 10.6 Å². The summed E-state index contributed by atoms with van der Waals surface area (Å²) >= 11 is 1.14. The van der Waals surface area contributed by atoms with Gasteiger partial charge in [0.05, 0.1) is 0 Å². The number of amides is 1. The van der Waals surface area contributed by atoms with Crippen LogP contribution in [0.2, 0.25) is 0 Å². The molecule has 1 amide bonds. The Balaban J connectivity index is 1.68. The van der Waals surface area contributed by atoms with Crippen LogP contribution >= 0.6 is 11.3 Å². The largest absolute Gasteiger partial charge is 0.352 e. The van der Waals surface area contributed by atoms with E-state index in [0.29, 0.717) is 23.7 Å². The van der Waals surface area contributed by atoms with Crippen LogP contribution in [0.1, 0.15) is 10.4 Å². The molecule has 0 unspecified atom stereocenters. The number of rotatable bonds is 6. The van der Waals surface area contributed by atoms with Crippen LogP contribution < -0.4 is 15.4 Å². The van der Waals surface area contributed by atoms with Crippen molar-refractivity contribution in [3.63, 3.8) is 0 Å². The lowest BCUT2D eigenvalue weighted by molar-refractivity contribution is 0.0942. The minimum atomic E-state index is -3.60. The quantitative estimate of drug-likeness (QED) is 0.736. The Hall–Kier alpha value is -1.90. The SMILES string of the molecule is O=C(NCC1CNC1)c1cccc(NS(=O)(=O)c2cccs2)c1. The predicted molar refractivity (Wildman–Crippen MR) is 90.3 cm³/mol. The van der Waals surface area contributed by atoms with Crippen LogP contribution in [0, 0.1) is 5.92 Å². The van der Waals surface area contributed by atoms with Crippen molar-refractivity contribution in [2.24, 2.45) is 5.92 Å². The number of thiophene rings is 1. The first-order valence-electron chi connectivity index (χ1n) is 7.20. The number of nitrogens with one attached hydrogen (secondary N) is 3. The Labute approximate surface area is 139 Å². The number of carbonyl (C=O) groups excluding carboxylic acids is 1. The molecule has 3 N–H and O–H groups in total. The molecular weight excluding hydrogens is 334 g/mol. The molecule has 1 fully saturated rings. The van der Waals surface area contributed by atoms with Crippen LogP contribution in [0.4, 0.5) is 5.69 Å². The maximum absolute atomic E-state index is 12.2. The summed E-state index contributed by atoms with van der Waals surface area (Å²) in [6.45, 7) is 2.46. The average molecular weight is 351 g/mol. The second kappa shape index (κ2) is 6.69. The van der Waals surface area contributed by atoms with E-state index in [1.54, 1.807) is 35.7 Å². The highest BCUT2D eigenvalue weighted by Gasteiger charge is 2.18. The molecule has 1 aliphatic heterocycles. The van der Waals surface area contributed by atoms with Crippen molar-refractivity contribution in [2.75, 3.05) is 24.4 Å². The maximum atomic E-state index is 12.2. The van der Waals surface area contributed by atoms with Crippen molar-refractivity contribution < 1.29 is 13.2 Å². The van der Waals surface area contributed by atoms with E-state index in [0.717, 1.165) is 24.4 Å². The third kappa shape index (κ3) is 3.90. The summed E-state index contributed by atoms with van der Waals surface area (Å²) in [4.78, 5) is 12.1. The number of carbonyl (C=O) groups is 1. The molecule has 1 saturated heterocycles. The van der Waals surface area contributed by atoms with Crippen molar-refractivity contribution >= 4 is 33.0 Å². The van der Waals surface area contributed by atoms with Gasteiger partial charge < -0.3 is 10.6 Å².